The molecule has 2 rings (SSSR count). The number of amides is 2. The van der Waals surface area contributed by atoms with Crippen LogP contribution in [0.4, 0.5) is 5.69 Å². The van der Waals surface area contributed by atoms with Gasteiger partial charge in [0.2, 0.25) is 21.8 Å². The van der Waals surface area contributed by atoms with Crippen molar-refractivity contribution in [3.8, 4) is 0 Å². The van der Waals surface area contributed by atoms with Crippen molar-refractivity contribution in [1.29, 1.82) is 0 Å². The molecule has 35 heavy (non-hydrogen) atoms. The molecule has 0 aliphatic carbocycles. The zero-order valence-corrected chi connectivity index (χ0v) is 23.4. The van der Waals surface area contributed by atoms with E-state index in [9.17, 15) is 18.0 Å². The number of carbonyl (C=O) groups excluding carboxylic acids is 2. The van der Waals surface area contributed by atoms with Crippen LogP contribution in [0, 0.1) is 6.92 Å². The zero-order valence-electron chi connectivity index (χ0n) is 20.3. The molecule has 0 bridgehead atoms. The second kappa shape index (κ2) is 12.3. The third-order valence-electron chi connectivity index (χ3n) is 5.33. The van der Waals surface area contributed by atoms with Gasteiger partial charge in [-0.1, -0.05) is 53.9 Å². The number of hydrogen-bond acceptors (Lipinski definition) is 4. The molecule has 0 aliphatic rings. The van der Waals surface area contributed by atoms with Crippen LogP contribution in [0.1, 0.15) is 38.3 Å². The second-order valence-electron chi connectivity index (χ2n) is 8.51. The molecule has 1 atom stereocenters. The summed E-state index contributed by atoms with van der Waals surface area (Å²) in [4.78, 5) is 28.1. The highest BCUT2D eigenvalue weighted by Crippen LogP contribution is 2.29. The van der Waals surface area contributed by atoms with Gasteiger partial charge in [-0.15, -0.1) is 0 Å². The first-order valence-corrected chi connectivity index (χ1v) is 14.0. The molecular formula is C24H30Cl3N3O4S. The lowest BCUT2D eigenvalue weighted by Gasteiger charge is -2.34. The number of hydrogen-bond donors (Lipinski definition) is 1. The summed E-state index contributed by atoms with van der Waals surface area (Å²) < 4.78 is 26.4. The van der Waals surface area contributed by atoms with Crippen molar-refractivity contribution in [2.75, 3.05) is 17.1 Å². The molecule has 192 valence electrons. The Balaban J connectivity index is 2.55. The number of carbonyl (C=O) groups is 2. The fraction of sp³-hybridized carbons (Fsp3) is 0.417. The van der Waals surface area contributed by atoms with Crippen LogP contribution in [-0.4, -0.2) is 50.0 Å². The summed E-state index contributed by atoms with van der Waals surface area (Å²) in [6.45, 7) is 6.51. The van der Waals surface area contributed by atoms with Crippen LogP contribution < -0.4 is 9.62 Å². The van der Waals surface area contributed by atoms with Gasteiger partial charge in [0.05, 0.1) is 11.9 Å². The van der Waals surface area contributed by atoms with Gasteiger partial charge in [0.25, 0.3) is 0 Å². The molecule has 2 aromatic carbocycles. The molecule has 0 unspecified atom stereocenters. The van der Waals surface area contributed by atoms with Crippen molar-refractivity contribution in [1.82, 2.24) is 10.2 Å². The van der Waals surface area contributed by atoms with Gasteiger partial charge in [0.1, 0.15) is 12.6 Å². The van der Waals surface area contributed by atoms with Crippen LogP contribution in [0.5, 0.6) is 0 Å². The van der Waals surface area contributed by atoms with E-state index in [1.54, 1.807) is 44.2 Å². The van der Waals surface area contributed by atoms with Gasteiger partial charge in [-0.05, 0) is 57.0 Å². The van der Waals surface area contributed by atoms with E-state index in [4.69, 9.17) is 34.8 Å². The smallest absolute Gasteiger partial charge is 0.244 e. The predicted octanol–water partition coefficient (Wildman–Crippen LogP) is 5.05. The first kappa shape index (κ1) is 29.2. The van der Waals surface area contributed by atoms with Crippen LogP contribution in [0.15, 0.2) is 36.4 Å². The Morgan fingerprint density at radius 3 is 2.17 bits per heavy atom. The lowest BCUT2D eigenvalue weighted by molar-refractivity contribution is -0.140. The maximum absolute atomic E-state index is 13.7. The average Bonchev–Trinajstić information content (AvgIpc) is 2.74. The molecule has 0 aromatic heterocycles. The minimum atomic E-state index is -3.87. The highest BCUT2D eigenvalue weighted by atomic mass is 35.5. The van der Waals surface area contributed by atoms with Crippen molar-refractivity contribution in [2.45, 2.75) is 52.7 Å². The van der Waals surface area contributed by atoms with Gasteiger partial charge in [-0.2, -0.15) is 0 Å². The third kappa shape index (κ3) is 7.74. The topological polar surface area (TPSA) is 86.8 Å². The van der Waals surface area contributed by atoms with E-state index in [2.05, 4.69) is 5.32 Å². The molecule has 0 aliphatic heterocycles. The number of nitrogens with zero attached hydrogens (tertiary/aromatic N) is 2. The second-order valence-corrected chi connectivity index (χ2v) is 11.7. The Hall–Kier alpha value is -2.00. The van der Waals surface area contributed by atoms with Gasteiger partial charge in [-0.25, -0.2) is 8.42 Å². The molecular weight excluding hydrogens is 533 g/mol. The highest BCUT2D eigenvalue weighted by molar-refractivity contribution is 7.92. The lowest BCUT2D eigenvalue weighted by atomic mass is 10.1. The summed E-state index contributed by atoms with van der Waals surface area (Å²) >= 11 is 18.8. The van der Waals surface area contributed by atoms with Crippen LogP contribution in [0.3, 0.4) is 0 Å². The maximum Gasteiger partial charge on any atom is 0.244 e. The Bertz CT molecular complexity index is 1170. The van der Waals surface area contributed by atoms with Crippen LogP contribution in [-0.2, 0) is 26.2 Å². The fourth-order valence-electron chi connectivity index (χ4n) is 3.60. The van der Waals surface area contributed by atoms with Gasteiger partial charge < -0.3 is 10.2 Å². The summed E-state index contributed by atoms with van der Waals surface area (Å²) in [5.74, 6) is -0.944. The lowest BCUT2D eigenvalue weighted by Crippen LogP contribution is -2.53. The van der Waals surface area contributed by atoms with Crippen molar-refractivity contribution < 1.29 is 18.0 Å². The number of rotatable bonds is 10. The minimum Gasteiger partial charge on any atom is -0.352 e. The van der Waals surface area contributed by atoms with Gasteiger partial charge in [0.15, 0.2) is 0 Å². The van der Waals surface area contributed by atoms with Crippen LogP contribution in [0.25, 0.3) is 0 Å². The Morgan fingerprint density at radius 2 is 1.66 bits per heavy atom. The molecule has 1 N–H and O–H groups in total. The van der Waals surface area contributed by atoms with Crippen molar-refractivity contribution in [3.05, 3.63) is 62.6 Å². The number of halogens is 3. The normalized spacial score (nSPS) is 12.4. The fourth-order valence-corrected chi connectivity index (χ4v) is 5.18. The number of sulfonamides is 1. The SMILES string of the molecule is CC[C@H](C(=O)NC(C)C)N(Cc1c(Cl)cccc1Cl)C(=O)CN(c1cc(Cl)ccc1C)S(C)(=O)=O. The Labute approximate surface area is 222 Å². The van der Waals surface area contributed by atoms with E-state index < -0.39 is 28.5 Å². The molecule has 11 heteroatoms. The predicted molar refractivity (Wildman–Crippen MR) is 143 cm³/mol. The van der Waals surface area contributed by atoms with E-state index in [0.717, 1.165) is 10.6 Å². The Kier molecular flexibility index (Phi) is 10.3. The maximum atomic E-state index is 13.7. The van der Waals surface area contributed by atoms with E-state index in [1.165, 1.54) is 11.0 Å². The van der Waals surface area contributed by atoms with Crippen LogP contribution in [0.2, 0.25) is 15.1 Å². The number of aryl methyl sites for hydroxylation is 1. The average molecular weight is 563 g/mol. The molecule has 0 fully saturated rings. The molecule has 2 aromatic rings. The van der Waals surface area contributed by atoms with Gasteiger partial charge in [0, 0.05) is 33.2 Å². The molecule has 0 spiro atoms. The Morgan fingerprint density at radius 1 is 1.06 bits per heavy atom. The van der Waals surface area contributed by atoms with E-state index in [0.29, 0.717) is 32.6 Å². The van der Waals surface area contributed by atoms with Gasteiger partial charge in [-0.3, -0.25) is 13.9 Å². The summed E-state index contributed by atoms with van der Waals surface area (Å²) in [6, 6.07) is 8.72. The van der Waals surface area contributed by atoms with Crippen molar-refractivity contribution >= 4 is 62.3 Å². The van der Waals surface area contributed by atoms with Crippen molar-refractivity contribution in [3.63, 3.8) is 0 Å². The standard InChI is InChI=1S/C24H30Cl3N3O4S/c1-6-21(24(32)28-15(2)3)29(13-18-19(26)8-7-9-20(18)27)23(31)14-30(35(5,33)34)22-12-17(25)11-10-16(22)4/h7-12,15,21H,6,13-14H2,1-5H3,(H,28,32)/t21-/m1/s1. The van der Waals surface area contributed by atoms with E-state index in [-0.39, 0.29) is 24.2 Å². The number of anilines is 1. The number of nitrogens with one attached hydrogen (secondary N) is 1. The highest BCUT2D eigenvalue weighted by Gasteiger charge is 2.33. The molecule has 7 nitrogen and oxygen atoms in total. The zero-order chi connectivity index (χ0) is 26.5. The van der Waals surface area contributed by atoms with Crippen LogP contribution >= 0.6 is 34.8 Å². The molecule has 0 saturated heterocycles. The van der Waals surface area contributed by atoms with E-state index >= 15 is 0 Å². The summed E-state index contributed by atoms with van der Waals surface area (Å²) in [7, 11) is -3.87. The van der Waals surface area contributed by atoms with Crippen molar-refractivity contribution in [2.24, 2.45) is 0 Å². The summed E-state index contributed by atoms with van der Waals surface area (Å²) in [5.41, 5.74) is 1.37. The third-order valence-corrected chi connectivity index (χ3v) is 7.40. The van der Waals surface area contributed by atoms with Gasteiger partial charge >= 0.3 is 0 Å². The molecule has 0 saturated carbocycles. The quantitative estimate of drug-likeness (QED) is 0.439. The first-order chi connectivity index (χ1) is 16.3. The first-order valence-electron chi connectivity index (χ1n) is 11.0. The largest absolute Gasteiger partial charge is 0.352 e. The monoisotopic (exact) mass is 561 g/mol. The molecule has 2 amide bonds. The number of benzene rings is 2. The minimum absolute atomic E-state index is 0.0759. The summed E-state index contributed by atoms with van der Waals surface area (Å²) in [5, 5.41) is 3.82. The molecule has 0 radical (unpaired) electrons. The van der Waals surface area contributed by atoms with E-state index in [1.807, 2.05) is 13.8 Å². The summed E-state index contributed by atoms with van der Waals surface area (Å²) in [6.07, 6.45) is 1.31. The molecule has 0 heterocycles.